The van der Waals surface area contributed by atoms with E-state index in [2.05, 4.69) is 5.32 Å². The number of nitrogens with one attached hydrogen (secondary N) is 1. The molecule has 0 aromatic carbocycles. The smallest absolute Gasteiger partial charge is 0.325 e. The van der Waals surface area contributed by atoms with Crippen LogP contribution in [0.25, 0.3) is 0 Å². The van der Waals surface area contributed by atoms with Gasteiger partial charge in [-0.25, -0.2) is 0 Å². The Bertz CT molecular complexity index is 394. The summed E-state index contributed by atoms with van der Waals surface area (Å²) in [5.41, 5.74) is 0.697. The molecule has 0 saturated carbocycles. The Morgan fingerprint density at radius 1 is 1.47 bits per heavy atom. The minimum Gasteiger partial charge on any atom is -0.480 e. The Labute approximate surface area is 87.1 Å². The van der Waals surface area contributed by atoms with Gasteiger partial charge in [-0.3, -0.25) is 9.59 Å². The number of aliphatic carboxylic acids is 1. The van der Waals surface area contributed by atoms with Crippen molar-refractivity contribution < 1.29 is 19.1 Å². The first kappa shape index (κ1) is 11.3. The van der Waals surface area contributed by atoms with Crippen LogP contribution >= 0.6 is 0 Å². The summed E-state index contributed by atoms with van der Waals surface area (Å²) in [5.74, 6) is -0.791. The van der Waals surface area contributed by atoms with Gasteiger partial charge in [-0.1, -0.05) is 0 Å². The summed E-state index contributed by atoms with van der Waals surface area (Å²) in [6.45, 7) is 4.85. The third-order valence-corrected chi connectivity index (χ3v) is 1.97. The van der Waals surface area contributed by atoms with Crippen LogP contribution in [0.15, 0.2) is 10.5 Å². The van der Waals surface area contributed by atoms with E-state index in [1.54, 1.807) is 19.9 Å². The lowest BCUT2D eigenvalue weighted by atomic mass is 10.2. The molecular weight excluding hydrogens is 198 g/mol. The molecule has 0 aliphatic carbocycles. The van der Waals surface area contributed by atoms with Crippen LogP contribution in [0.3, 0.4) is 0 Å². The van der Waals surface area contributed by atoms with Crippen LogP contribution in [0.4, 0.5) is 0 Å². The first-order chi connectivity index (χ1) is 6.91. The van der Waals surface area contributed by atoms with Crippen LogP contribution in [0, 0.1) is 13.8 Å². The maximum atomic E-state index is 11.5. The molecule has 0 saturated heterocycles. The molecule has 82 valence electrons. The standard InChI is InChI=1S/C10H13NO4/c1-5-4-6(2)15-8(5)9(12)11-7(3)10(13)14/h4,7H,1-3H3,(H,11,12)(H,13,14). The van der Waals surface area contributed by atoms with E-state index in [9.17, 15) is 9.59 Å². The fraction of sp³-hybridized carbons (Fsp3) is 0.400. The van der Waals surface area contributed by atoms with E-state index in [0.717, 1.165) is 0 Å². The molecule has 1 aromatic rings. The van der Waals surface area contributed by atoms with Gasteiger partial charge in [-0.15, -0.1) is 0 Å². The molecule has 0 radical (unpaired) electrons. The van der Waals surface area contributed by atoms with E-state index < -0.39 is 17.9 Å². The van der Waals surface area contributed by atoms with E-state index in [1.807, 2.05) is 0 Å². The lowest BCUT2D eigenvalue weighted by Crippen LogP contribution is -2.38. The lowest BCUT2D eigenvalue weighted by molar-refractivity contribution is -0.138. The SMILES string of the molecule is Cc1cc(C)c(C(=O)NC(C)C(=O)O)o1. The fourth-order valence-corrected chi connectivity index (χ4v) is 1.19. The van der Waals surface area contributed by atoms with Gasteiger partial charge in [0.25, 0.3) is 5.91 Å². The molecular formula is C10H13NO4. The zero-order valence-electron chi connectivity index (χ0n) is 8.83. The van der Waals surface area contributed by atoms with E-state index in [1.165, 1.54) is 6.92 Å². The summed E-state index contributed by atoms with van der Waals surface area (Å²) >= 11 is 0. The van der Waals surface area contributed by atoms with Gasteiger partial charge in [0.15, 0.2) is 5.76 Å². The van der Waals surface area contributed by atoms with Crippen LogP contribution in [-0.4, -0.2) is 23.0 Å². The quantitative estimate of drug-likeness (QED) is 0.784. The Morgan fingerprint density at radius 2 is 2.07 bits per heavy atom. The van der Waals surface area contributed by atoms with E-state index in [-0.39, 0.29) is 5.76 Å². The number of aryl methyl sites for hydroxylation is 2. The fourth-order valence-electron chi connectivity index (χ4n) is 1.19. The Kier molecular flexibility index (Phi) is 3.14. The minimum atomic E-state index is -1.08. The van der Waals surface area contributed by atoms with Crippen molar-refractivity contribution in [2.45, 2.75) is 26.8 Å². The van der Waals surface area contributed by atoms with Gasteiger partial charge in [0.1, 0.15) is 11.8 Å². The topological polar surface area (TPSA) is 79.5 Å². The molecule has 1 unspecified atom stereocenters. The van der Waals surface area contributed by atoms with Gasteiger partial charge in [-0.2, -0.15) is 0 Å². The third-order valence-electron chi connectivity index (χ3n) is 1.97. The highest BCUT2D eigenvalue weighted by atomic mass is 16.4. The molecule has 15 heavy (non-hydrogen) atoms. The predicted octanol–water partition coefficient (Wildman–Crippen LogP) is 1.10. The number of amides is 1. The monoisotopic (exact) mass is 211 g/mol. The van der Waals surface area contributed by atoms with Crippen LogP contribution in [0.1, 0.15) is 28.8 Å². The summed E-state index contributed by atoms with van der Waals surface area (Å²) < 4.78 is 5.15. The molecule has 1 rings (SSSR count). The average Bonchev–Trinajstić information content (AvgIpc) is 2.44. The number of rotatable bonds is 3. The zero-order valence-corrected chi connectivity index (χ0v) is 8.83. The molecule has 2 N–H and O–H groups in total. The zero-order chi connectivity index (χ0) is 11.6. The van der Waals surface area contributed by atoms with Gasteiger partial charge in [0.2, 0.25) is 0 Å². The first-order valence-corrected chi connectivity index (χ1v) is 4.52. The Hall–Kier alpha value is -1.78. The van der Waals surface area contributed by atoms with Crippen molar-refractivity contribution in [3.63, 3.8) is 0 Å². The van der Waals surface area contributed by atoms with Crippen LogP contribution in [0.2, 0.25) is 0 Å². The number of carbonyl (C=O) groups excluding carboxylic acids is 1. The lowest BCUT2D eigenvalue weighted by Gasteiger charge is -2.07. The summed E-state index contributed by atoms with van der Waals surface area (Å²) in [6.07, 6.45) is 0. The average molecular weight is 211 g/mol. The van der Waals surface area contributed by atoms with Crippen molar-refractivity contribution in [1.82, 2.24) is 5.32 Å². The molecule has 1 aromatic heterocycles. The Morgan fingerprint density at radius 3 is 2.47 bits per heavy atom. The van der Waals surface area contributed by atoms with Crippen LogP contribution < -0.4 is 5.32 Å². The van der Waals surface area contributed by atoms with Gasteiger partial charge in [0, 0.05) is 5.56 Å². The van der Waals surface area contributed by atoms with Crippen molar-refractivity contribution >= 4 is 11.9 Å². The molecule has 0 bridgehead atoms. The van der Waals surface area contributed by atoms with E-state index in [4.69, 9.17) is 9.52 Å². The predicted molar refractivity (Wildman–Crippen MR) is 52.7 cm³/mol. The van der Waals surface area contributed by atoms with Gasteiger partial charge in [-0.05, 0) is 26.8 Å². The normalized spacial score (nSPS) is 12.2. The molecule has 0 aliphatic heterocycles. The molecule has 0 aliphatic rings. The van der Waals surface area contributed by atoms with E-state index in [0.29, 0.717) is 11.3 Å². The van der Waals surface area contributed by atoms with Crippen molar-refractivity contribution in [1.29, 1.82) is 0 Å². The first-order valence-electron chi connectivity index (χ1n) is 4.52. The number of carboxylic acids is 1. The second kappa shape index (κ2) is 4.16. The van der Waals surface area contributed by atoms with Crippen LogP contribution in [-0.2, 0) is 4.79 Å². The number of hydrogen-bond donors (Lipinski definition) is 2. The highest BCUT2D eigenvalue weighted by molar-refractivity contribution is 5.95. The third kappa shape index (κ3) is 2.59. The molecule has 0 spiro atoms. The maximum Gasteiger partial charge on any atom is 0.325 e. The summed E-state index contributed by atoms with van der Waals surface area (Å²) in [7, 11) is 0. The van der Waals surface area contributed by atoms with E-state index >= 15 is 0 Å². The van der Waals surface area contributed by atoms with Crippen molar-refractivity contribution in [3.8, 4) is 0 Å². The number of carbonyl (C=O) groups is 2. The minimum absolute atomic E-state index is 0.167. The molecule has 1 amide bonds. The van der Waals surface area contributed by atoms with Crippen molar-refractivity contribution in [2.75, 3.05) is 0 Å². The highest BCUT2D eigenvalue weighted by Gasteiger charge is 2.19. The van der Waals surface area contributed by atoms with Crippen molar-refractivity contribution in [2.24, 2.45) is 0 Å². The molecule has 1 atom stereocenters. The van der Waals surface area contributed by atoms with Gasteiger partial charge < -0.3 is 14.8 Å². The largest absolute Gasteiger partial charge is 0.480 e. The Balaban J connectivity index is 2.77. The molecule has 5 heteroatoms. The summed E-state index contributed by atoms with van der Waals surface area (Å²) in [4.78, 5) is 22.0. The number of furan rings is 1. The molecule has 0 fully saturated rings. The summed E-state index contributed by atoms with van der Waals surface area (Å²) in [6, 6.07) is 0.794. The second-order valence-electron chi connectivity index (χ2n) is 3.40. The van der Waals surface area contributed by atoms with Crippen molar-refractivity contribution in [3.05, 3.63) is 23.2 Å². The highest BCUT2D eigenvalue weighted by Crippen LogP contribution is 2.13. The van der Waals surface area contributed by atoms with Crippen LogP contribution in [0.5, 0.6) is 0 Å². The number of carboxylic acid groups (broad SMARTS) is 1. The molecule has 5 nitrogen and oxygen atoms in total. The maximum absolute atomic E-state index is 11.5. The van der Waals surface area contributed by atoms with Gasteiger partial charge >= 0.3 is 5.97 Å². The van der Waals surface area contributed by atoms with Gasteiger partial charge in [0.05, 0.1) is 0 Å². The summed E-state index contributed by atoms with van der Waals surface area (Å²) in [5, 5.41) is 10.9. The number of hydrogen-bond acceptors (Lipinski definition) is 3. The second-order valence-corrected chi connectivity index (χ2v) is 3.40. The molecule has 1 heterocycles.